The first-order valence-corrected chi connectivity index (χ1v) is 7.83. The van der Waals surface area contributed by atoms with Crippen molar-refractivity contribution >= 4 is 5.82 Å². The molecule has 0 spiro atoms. The van der Waals surface area contributed by atoms with Gasteiger partial charge in [-0.05, 0) is 30.3 Å². The normalized spacial score (nSPS) is 11.2. The maximum Gasteiger partial charge on any atom is 0.573 e. The van der Waals surface area contributed by atoms with Gasteiger partial charge in [-0.2, -0.15) is 0 Å². The quantitative estimate of drug-likeness (QED) is 0.717. The van der Waals surface area contributed by atoms with Gasteiger partial charge in [0.05, 0.1) is 0 Å². The highest BCUT2D eigenvalue weighted by Gasteiger charge is 2.31. The number of pyridine rings is 1. The summed E-state index contributed by atoms with van der Waals surface area (Å²) in [6.45, 7) is 0.616. The molecule has 0 bridgehead atoms. The van der Waals surface area contributed by atoms with Crippen molar-refractivity contribution in [1.82, 2.24) is 15.0 Å². The number of anilines is 1. The van der Waals surface area contributed by atoms with E-state index in [9.17, 15) is 13.2 Å². The Morgan fingerprint density at radius 2 is 1.85 bits per heavy atom. The van der Waals surface area contributed by atoms with E-state index in [4.69, 9.17) is 0 Å². The zero-order valence-electron chi connectivity index (χ0n) is 13.6. The van der Waals surface area contributed by atoms with Crippen LogP contribution in [0.25, 0.3) is 11.4 Å². The standard InChI is InChI=1S/C18H15F3N4O/c19-18(20,21)26-15-6-3-4-13(12-15)17-24-11-8-16(25-17)23-10-7-14-5-1-2-9-22-14/h1-6,8-9,11-12H,7,10H2,(H,23,24,25). The Labute approximate surface area is 147 Å². The molecule has 1 N–H and O–H groups in total. The monoisotopic (exact) mass is 360 g/mol. The minimum Gasteiger partial charge on any atom is -0.406 e. The first kappa shape index (κ1) is 17.7. The van der Waals surface area contributed by atoms with E-state index >= 15 is 0 Å². The Hall–Kier alpha value is -3.16. The Morgan fingerprint density at radius 3 is 2.62 bits per heavy atom. The Balaban J connectivity index is 1.68. The lowest BCUT2D eigenvalue weighted by Crippen LogP contribution is -2.17. The minimum absolute atomic E-state index is 0.306. The molecule has 8 heteroatoms. The van der Waals surface area contributed by atoms with Gasteiger partial charge >= 0.3 is 6.36 Å². The summed E-state index contributed by atoms with van der Waals surface area (Å²) >= 11 is 0. The van der Waals surface area contributed by atoms with Gasteiger partial charge in [-0.3, -0.25) is 4.98 Å². The molecule has 3 aromatic rings. The molecule has 0 unspecified atom stereocenters. The van der Waals surface area contributed by atoms with Crippen LogP contribution in [0.5, 0.6) is 5.75 Å². The van der Waals surface area contributed by atoms with Gasteiger partial charge in [-0.1, -0.05) is 18.2 Å². The molecule has 134 valence electrons. The van der Waals surface area contributed by atoms with Gasteiger partial charge in [-0.15, -0.1) is 13.2 Å². The third kappa shape index (κ3) is 5.17. The lowest BCUT2D eigenvalue weighted by atomic mass is 10.2. The van der Waals surface area contributed by atoms with Crippen molar-refractivity contribution in [2.24, 2.45) is 0 Å². The number of hydrogen-bond acceptors (Lipinski definition) is 5. The smallest absolute Gasteiger partial charge is 0.406 e. The lowest BCUT2D eigenvalue weighted by Gasteiger charge is -2.10. The van der Waals surface area contributed by atoms with Gasteiger partial charge in [0.15, 0.2) is 5.82 Å². The molecule has 0 aliphatic rings. The molecule has 0 fully saturated rings. The lowest BCUT2D eigenvalue weighted by molar-refractivity contribution is -0.274. The molecule has 0 aliphatic heterocycles. The number of benzene rings is 1. The number of hydrogen-bond donors (Lipinski definition) is 1. The van der Waals surface area contributed by atoms with Crippen molar-refractivity contribution in [1.29, 1.82) is 0 Å². The molecule has 5 nitrogen and oxygen atoms in total. The Morgan fingerprint density at radius 1 is 0.962 bits per heavy atom. The average Bonchev–Trinajstić information content (AvgIpc) is 2.62. The maximum atomic E-state index is 12.4. The molecule has 0 saturated heterocycles. The summed E-state index contributed by atoms with van der Waals surface area (Å²) in [6.07, 6.45) is -0.750. The largest absolute Gasteiger partial charge is 0.573 e. The Bertz CT molecular complexity index is 856. The van der Waals surface area contributed by atoms with Gasteiger partial charge < -0.3 is 10.1 Å². The fourth-order valence-corrected chi connectivity index (χ4v) is 2.29. The van der Waals surface area contributed by atoms with Crippen molar-refractivity contribution in [2.75, 3.05) is 11.9 Å². The van der Waals surface area contributed by atoms with E-state index in [2.05, 4.69) is 25.0 Å². The van der Waals surface area contributed by atoms with Gasteiger partial charge in [-0.25, -0.2) is 9.97 Å². The van der Waals surface area contributed by atoms with Crippen LogP contribution in [0.3, 0.4) is 0 Å². The summed E-state index contributed by atoms with van der Waals surface area (Å²) in [6, 6.07) is 13.0. The van der Waals surface area contributed by atoms with Crippen LogP contribution in [0.1, 0.15) is 5.69 Å². The number of aromatic nitrogens is 3. The minimum atomic E-state index is -4.74. The van der Waals surface area contributed by atoms with Crippen LogP contribution >= 0.6 is 0 Å². The van der Waals surface area contributed by atoms with Gasteiger partial charge in [0.2, 0.25) is 0 Å². The van der Waals surface area contributed by atoms with Crippen molar-refractivity contribution in [2.45, 2.75) is 12.8 Å². The van der Waals surface area contributed by atoms with Crippen LogP contribution in [-0.4, -0.2) is 27.9 Å². The SMILES string of the molecule is FC(F)(F)Oc1cccc(-c2nccc(NCCc3ccccn3)n2)c1. The molecule has 26 heavy (non-hydrogen) atoms. The summed E-state index contributed by atoms with van der Waals surface area (Å²) in [5, 5.41) is 3.15. The van der Waals surface area contributed by atoms with Gasteiger partial charge in [0.25, 0.3) is 0 Å². The summed E-state index contributed by atoms with van der Waals surface area (Å²) in [7, 11) is 0. The fraction of sp³-hybridized carbons (Fsp3) is 0.167. The van der Waals surface area contributed by atoms with E-state index in [0.29, 0.717) is 23.8 Å². The summed E-state index contributed by atoms with van der Waals surface area (Å²) < 4.78 is 41.0. The highest BCUT2D eigenvalue weighted by Crippen LogP contribution is 2.26. The topological polar surface area (TPSA) is 59.9 Å². The van der Waals surface area contributed by atoms with Crippen LogP contribution in [0.4, 0.5) is 19.0 Å². The highest BCUT2D eigenvalue weighted by atomic mass is 19.4. The van der Waals surface area contributed by atoms with Crippen molar-refractivity contribution < 1.29 is 17.9 Å². The third-order valence-electron chi connectivity index (χ3n) is 3.39. The molecule has 2 heterocycles. The molecule has 0 aliphatic carbocycles. The van der Waals surface area contributed by atoms with Crippen LogP contribution in [0.15, 0.2) is 60.9 Å². The molecular formula is C18H15F3N4O. The zero-order chi connectivity index (χ0) is 18.4. The van der Waals surface area contributed by atoms with Crippen LogP contribution in [0.2, 0.25) is 0 Å². The van der Waals surface area contributed by atoms with Gasteiger partial charge in [0, 0.05) is 36.6 Å². The number of alkyl halides is 3. The first-order valence-electron chi connectivity index (χ1n) is 7.83. The van der Waals surface area contributed by atoms with Gasteiger partial charge in [0.1, 0.15) is 11.6 Å². The van der Waals surface area contributed by atoms with Crippen molar-refractivity contribution in [3.8, 4) is 17.1 Å². The number of rotatable bonds is 6. The Kier molecular flexibility index (Phi) is 5.31. The first-order chi connectivity index (χ1) is 12.5. The predicted octanol–water partition coefficient (Wildman–Crippen LogP) is 4.09. The molecular weight excluding hydrogens is 345 g/mol. The van der Waals surface area contributed by atoms with E-state index in [1.54, 1.807) is 24.5 Å². The number of halogens is 3. The van der Waals surface area contributed by atoms with E-state index < -0.39 is 6.36 Å². The fourth-order valence-electron chi connectivity index (χ4n) is 2.29. The maximum absolute atomic E-state index is 12.4. The summed E-state index contributed by atoms with van der Waals surface area (Å²) in [5.74, 6) is 0.570. The predicted molar refractivity (Wildman–Crippen MR) is 90.6 cm³/mol. The average molecular weight is 360 g/mol. The number of nitrogens with zero attached hydrogens (tertiary/aromatic N) is 3. The molecule has 0 saturated carbocycles. The zero-order valence-corrected chi connectivity index (χ0v) is 13.6. The second-order valence-electron chi connectivity index (χ2n) is 5.34. The number of nitrogens with one attached hydrogen (secondary N) is 1. The molecule has 0 atom stereocenters. The van der Waals surface area contributed by atoms with E-state index in [1.165, 1.54) is 18.2 Å². The second kappa shape index (κ2) is 7.81. The molecule has 3 rings (SSSR count). The van der Waals surface area contributed by atoms with Crippen LogP contribution in [0, 0.1) is 0 Å². The molecule has 0 amide bonds. The molecule has 1 aromatic carbocycles. The number of ether oxygens (including phenoxy) is 1. The third-order valence-corrected chi connectivity index (χ3v) is 3.39. The van der Waals surface area contributed by atoms with Crippen LogP contribution in [-0.2, 0) is 6.42 Å². The van der Waals surface area contributed by atoms with E-state index in [0.717, 1.165) is 12.1 Å². The molecule has 0 radical (unpaired) electrons. The highest BCUT2D eigenvalue weighted by molar-refractivity contribution is 5.59. The van der Waals surface area contributed by atoms with Crippen LogP contribution < -0.4 is 10.1 Å². The van der Waals surface area contributed by atoms with Crippen molar-refractivity contribution in [3.63, 3.8) is 0 Å². The van der Waals surface area contributed by atoms with Crippen molar-refractivity contribution in [3.05, 3.63) is 66.6 Å². The van der Waals surface area contributed by atoms with E-state index in [1.807, 2.05) is 18.2 Å². The molecule has 2 aromatic heterocycles. The summed E-state index contributed by atoms with van der Waals surface area (Å²) in [5.41, 5.74) is 1.38. The van der Waals surface area contributed by atoms with E-state index in [-0.39, 0.29) is 5.75 Å². The second-order valence-corrected chi connectivity index (χ2v) is 5.34. The summed E-state index contributed by atoms with van der Waals surface area (Å²) in [4.78, 5) is 12.7.